The first-order chi connectivity index (χ1) is 10.5. The summed E-state index contributed by atoms with van der Waals surface area (Å²) in [5.74, 6) is 1.04. The molecule has 2 N–H and O–H groups in total. The molecular weight excluding hydrogens is 343 g/mol. The Bertz CT molecular complexity index is 507. The van der Waals surface area contributed by atoms with Crippen molar-refractivity contribution in [3.8, 4) is 0 Å². The van der Waals surface area contributed by atoms with Gasteiger partial charge in [0.05, 0.1) is 0 Å². The zero-order chi connectivity index (χ0) is 18.5. The quantitative estimate of drug-likeness (QED) is 0.483. The first-order valence-corrected chi connectivity index (χ1v) is 11.1. The summed E-state index contributed by atoms with van der Waals surface area (Å²) in [4.78, 5) is 0. The van der Waals surface area contributed by atoms with Crippen LogP contribution in [0.25, 0.3) is 0 Å². The van der Waals surface area contributed by atoms with Crippen LogP contribution in [-0.2, 0) is 16.0 Å². The Morgan fingerprint density at radius 2 is 1.48 bits per heavy atom. The van der Waals surface area contributed by atoms with Crippen LogP contribution < -0.4 is 0 Å². The Labute approximate surface area is 174 Å². The van der Waals surface area contributed by atoms with Crippen molar-refractivity contribution in [2.24, 2.45) is 11.8 Å². The monoisotopic (exact) mass is 369 g/mol. The molecule has 5 nitrogen and oxygen atoms in total. The van der Waals surface area contributed by atoms with Crippen LogP contribution in [0.4, 0.5) is 0 Å². The molecule has 1 rings (SSSR count). The van der Waals surface area contributed by atoms with Crippen LogP contribution in [-0.4, -0.2) is 73.1 Å². The van der Waals surface area contributed by atoms with E-state index in [0.29, 0.717) is 11.8 Å². The number of benzene rings is 1. The maximum absolute atomic E-state index is 10.3. The molecule has 0 atom stereocenters. The Morgan fingerprint density at radius 3 is 1.65 bits per heavy atom. The molecule has 1 aromatic carbocycles. The van der Waals surface area contributed by atoms with Gasteiger partial charge in [0.2, 0.25) is 0 Å². The van der Waals surface area contributed by atoms with Crippen LogP contribution in [0.2, 0.25) is 0 Å². The van der Waals surface area contributed by atoms with Crippen LogP contribution in [0.1, 0.15) is 33.3 Å². The molecule has 0 spiro atoms. The number of rotatable bonds is 4. The molecule has 0 aromatic heterocycles. The molecule has 0 aliphatic heterocycles. The predicted molar refractivity (Wildman–Crippen MR) is 93.4 cm³/mol. The zero-order valence-corrected chi connectivity index (χ0v) is 18.5. The number of hydrogen-bond acceptors (Lipinski definition) is 2. The molecule has 0 fully saturated rings. The normalized spacial score (nSPS) is 10.4. The van der Waals surface area contributed by atoms with Crippen molar-refractivity contribution in [3.05, 3.63) is 47.5 Å². The second-order valence-electron chi connectivity index (χ2n) is 5.47. The summed E-state index contributed by atoms with van der Waals surface area (Å²) in [5, 5.41) is 10.3. The van der Waals surface area contributed by atoms with E-state index in [1.165, 1.54) is 11.7 Å². The Balaban J connectivity index is 0. The molecule has 0 unspecified atom stereocenters. The second-order valence-corrected chi connectivity index (χ2v) is 7.47. The van der Waals surface area contributed by atoms with Crippen LogP contribution in [0.3, 0.4) is 0 Å². The van der Waals surface area contributed by atoms with Gasteiger partial charge in [-0.1, -0.05) is 39.3 Å². The molecule has 23 heavy (non-hydrogen) atoms. The van der Waals surface area contributed by atoms with E-state index >= 15 is 0 Å². The molecule has 0 saturated carbocycles. The standard InChI is InChI=1S/C9H17O.C7H7.K.H2O4S/c1-7(2)9(5-6-10)8(3)4;1-7-5-3-2-4-6-7;;1-5(2,3)4/h5,7-8H,6H2,1-4H3;2-6H,1H2;;(H2,1,2,3,4). The van der Waals surface area contributed by atoms with Gasteiger partial charge >= 0.3 is 95.8 Å². The molecule has 0 saturated heterocycles. The van der Waals surface area contributed by atoms with Crippen molar-refractivity contribution in [2.75, 3.05) is 6.61 Å². The van der Waals surface area contributed by atoms with Crippen LogP contribution in [0.15, 0.2) is 42.0 Å². The van der Waals surface area contributed by atoms with E-state index in [9.17, 15) is 5.11 Å². The van der Waals surface area contributed by atoms with Crippen molar-refractivity contribution >= 4 is 59.4 Å². The topological polar surface area (TPSA) is 94.5 Å². The minimum absolute atomic E-state index is 0.0777. The van der Waals surface area contributed by atoms with Crippen molar-refractivity contribution in [1.29, 1.82) is 0 Å². The summed E-state index contributed by atoms with van der Waals surface area (Å²) in [6.45, 7) is 8.43. The van der Waals surface area contributed by atoms with Gasteiger partial charge in [-0.05, 0) is 11.8 Å². The Morgan fingerprint density at radius 1 is 1.09 bits per heavy atom. The Kier molecular flexibility index (Phi) is 16.5. The summed E-state index contributed by atoms with van der Waals surface area (Å²) < 4.78 is 32.9. The van der Waals surface area contributed by atoms with E-state index in [-0.39, 0.29) is 6.61 Å². The van der Waals surface area contributed by atoms with E-state index < -0.39 is 10.4 Å². The van der Waals surface area contributed by atoms with Crippen molar-refractivity contribution in [2.45, 2.75) is 28.2 Å². The fourth-order valence-electron chi connectivity index (χ4n) is 1.95. The molecule has 127 valence electrons. The molecule has 0 heterocycles. The fraction of sp³-hybridized carbons (Fsp3) is 0.500. The first kappa shape index (κ1) is 25.7. The second kappa shape index (κ2) is 14.7. The summed E-state index contributed by atoms with van der Waals surface area (Å²) in [5.41, 5.74) is 2.78. The summed E-state index contributed by atoms with van der Waals surface area (Å²) in [6, 6.07) is 10.6. The summed E-state index contributed by atoms with van der Waals surface area (Å²) >= 11 is 0.967. The third-order valence-corrected chi connectivity index (χ3v) is 4.18. The van der Waals surface area contributed by atoms with Gasteiger partial charge < -0.3 is 0 Å². The summed E-state index contributed by atoms with van der Waals surface area (Å²) in [6.07, 6.45) is 1.80. The van der Waals surface area contributed by atoms with Gasteiger partial charge in [0.15, 0.2) is 0 Å². The van der Waals surface area contributed by atoms with Crippen LogP contribution in [0, 0.1) is 11.8 Å². The molecule has 7 heteroatoms. The molecule has 1 aromatic rings. The van der Waals surface area contributed by atoms with E-state index in [4.69, 9.17) is 17.5 Å². The molecular formula is C16H26KO5S. The van der Waals surface area contributed by atoms with Gasteiger partial charge in [0, 0.05) is 0 Å². The van der Waals surface area contributed by atoms with Crippen molar-refractivity contribution in [3.63, 3.8) is 0 Å². The van der Waals surface area contributed by atoms with Crippen molar-refractivity contribution < 1.29 is 22.6 Å². The van der Waals surface area contributed by atoms with E-state index in [0.717, 1.165) is 49.0 Å². The van der Waals surface area contributed by atoms with E-state index in [2.05, 4.69) is 58.0 Å². The van der Waals surface area contributed by atoms with Crippen molar-refractivity contribution in [1.82, 2.24) is 0 Å². The molecule has 0 amide bonds. The van der Waals surface area contributed by atoms with Crippen LogP contribution >= 0.6 is 0 Å². The maximum atomic E-state index is 10.3. The van der Waals surface area contributed by atoms with Crippen LogP contribution in [0.5, 0.6) is 0 Å². The molecule has 0 bridgehead atoms. The van der Waals surface area contributed by atoms with Gasteiger partial charge in [-0.2, -0.15) is 8.42 Å². The zero-order valence-electron chi connectivity index (χ0n) is 14.6. The predicted octanol–water partition coefficient (Wildman–Crippen LogP) is 3.36. The van der Waals surface area contributed by atoms with Gasteiger partial charge in [0.25, 0.3) is 0 Å². The average Bonchev–Trinajstić information content (AvgIpc) is 2.44. The average molecular weight is 370 g/mol. The molecule has 1 radical (unpaired) electrons. The van der Waals surface area contributed by atoms with Gasteiger partial charge in [-0.3, -0.25) is 9.11 Å². The van der Waals surface area contributed by atoms with Gasteiger partial charge in [0.1, 0.15) is 6.61 Å². The Hall–Kier alpha value is 0.426. The number of hydrogen-bond donors (Lipinski definition) is 2. The van der Waals surface area contributed by atoms with E-state index in [1.807, 2.05) is 0 Å². The van der Waals surface area contributed by atoms with Gasteiger partial charge in [-0.25, -0.2) is 5.11 Å². The third kappa shape index (κ3) is 20.4. The first-order valence-electron chi connectivity index (χ1n) is 7.54. The van der Waals surface area contributed by atoms with Gasteiger partial charge in [-0.15, -0.1) is 0 Å². The fourth-order valence-corrected chi connectivity index (χ4v) is 2.68. The molecule has 0 aliphatic carbocycles. The minimum atomic E-state index is -4.67. The third-order valence-electron chi connectivity index (χ3n) is 2.90. The SMILES string of the molecule is CC(C)C(=CC[O])C(C)C.O=S(=O)(O)O.[K][CH2]c1ccccc1. The van der Waals surface area contributed by atoms with E-state index in [1.54, 1.807) is 6.08 Å². The number of allylic oxidation sites excluding steroid dienone is 1. The molecule has 0 aliphatic rings. The summed E-state index contributed by atoms with van der Waals surface area (Å²) in [7, 11) is -4.67.